The standard InChI is InChI=1S/C12H13BrN2/c1-2-6-14-11-5-7-15-12-8-9(13)3-4-10(11)12/h3-5,7-8H,2,6H2,1H3,(H,14,15). The summed E-state index contributed by atoms with van der Waals surface area (Å²) in [4.78, 5) is 4.34. The van der Waals surface area contributed by atoms with Crippen LogP contribution >= 0.6 is 15.9 Å². The molecule has 2 aromatic rings. The summed E-state index contributed by atoms with van der Waals surface area (Å²) in [5, 5.41) is 4.58. The molecular formula is C12H13BrN2. The van der Waals surface area contributed by atoms with E-state index in [4.69, 9.17) is 0 Å². The van der Waals surface area contributed by atoms with E-state index < -0.39 is 0 Å². The molecule has 0 fully saturated rings. The highest BCUT2D eigenvalue weighted by atomic mass is 79.9. The molecule has 0 saturated heterocycles. The van der Waals surface area contributed by atoms with Gasteiger partial charge in [-0.1, -0.05) is 22.9 Å². The first-order valence-electron chi connectivity index (χ1n) is 5.09. The fourth-order valence-corrected chi connectivity index (χ4v) is 1.88. The van der Waals surface area contributed by atoms with Crippen LogP contribution < -0.4 is 5.32 Å². The number of rotatable bonds is 3. The van der Waals surface area contributed by atoms with Gasteiger partial charge in [0.25, 0.3) is 0 Å². The van der Waals surface area contributed by atoms with E-state index in [1.165, 1.54) is 5.39 Å². The zero-order valence-electron chi connectivity index (χ0n) is 8.63. The molecule has 15 heavy (non-hydrogen) atoms. The van der Waals surface area contributed by atoms with Crippen molar-refractivity contribution in [3.05, 3.63) is 34.9 Å². The van der Waals surface area contributed by atoms with E-state index in [0.717, 1.165) is 28.6 Å². The number of aromatic nitrogens is 1. The third-order valence-corrected chi connectivity index (χ3v) is 2.76. The molecule has 0 spiro atoms. The van der Waals surface area contributed by atoms with Gasteiger partial charge in [-0.2, -0.15) is 0 Å². The van der Waals surface area contributed by atoms with Crippen LogP contribution in [0.15, 0.2) is 34.9 Å². The lowest BCUT2D eigenvalue weighted by Gasteiger charge is -2.08. The fourth-order valence-electron chi connectivity index (χ4n) is 1.54. The Morgan fingerprint density at radius 1 is 1.33 bits per heavy atom. The van der Waals surface area contributed by atoms with Crippen LogP contribution in [0.4, 0.5) is 5.69 Å². The van der Waals surface area contributed by atoms with Crippen LogP contribution in [0.25, 0.3) is 10.9 Å². The van der Waals surface area contributed by atoms with E-state index in [1.54, 1.807) is 0 Å². The first-order valence-corrected chi connectivity index (χ1v) is 5.88. The maximum absolute atomic E-state index is 4.34. The van der Waals surface area contributed by atoms with Crippen LogP contribution in [-0.4, -0.2) is 11.5 Å². The monoisotopic (exact) mass is 264 g/mol. The molecule has 2 nitrogen and oxygen atoms in total. The van der Waals surface area contributed by atoms with Gasteiger partial charge < -0.3 is 5.32 Å². The van der Waals surface area contributed by atoms with Crippen molar-refractivity contribution in [3.8, 4) is 0 Å². The van der Waals surface area contributed by atoms with Crippen molar-refractivity contribution in [1.82, 2.24) is 4.98 Å². The molecule has 0 amide bonds. The zero-order valence-corrected chi connectivity index (χ0v) is 10.2. The average Bonchev–Trinajstić information content (AvgIpc) is 2.25. The molecule has 0 radical (unpaired) electrons. The second-order valence-electron chi connectivity index (χ2n) is 3.45. The number of benzene rings is 1. The highest BCUT2D eigenvalue weighted by Crippen LogP contribution is 2.24. The van der Waals surface area contributed by atoms with Gasteiger partial charge in [-0.15, -0.1) is 0 Å². The van der Waals surface area contributed by atoms with Crippen LogP contribution in [-0.2, 0) is 0 Å². The maximum Gasteiger partial charge on any atom is 0.0733 e. The summed E-state index contributed by atoms with van der Waals surface area (Å²) in [6.45, 7) is 3.15. The number of nitrogens with one attached hydrogen (secondary N) is 1. The number of pyridine rings is 1. The largest absolute Gasteiger partial charge is 0.384 e. The SMILES string of the molecule is CCCNc1ccnc2cc(Br)ccc12. The Hall–Kier alpha value is -1.09. The minimum Gasteiger partial charge on any atom is -0.384 e. The fraction of sp³-hybridized carbons (Fsp3) is 0.250. The van der Waals surface area contributed by atoms with E-state index in [-0.39, 0.29) is 0 Å². The zero-order chi connectivity index (χ0) is 10.7. The second kappa shape index (κ2) is 4.62. The molecule has 0 aliphatic rings. The van der Waals surface area contributed by atoms with Gasteiger partial charge in [-0.25, -0.2) is 0 Å². The normalized spacial score (nSPS) is 10.5. The van der Waals surface area contributed by atoms with Gasteiger partial charge in [-0.3, -0.25) is 4.98 Å². The summed E-state index contributed by atoms with van der Waals surface area (Å²) < 4.78 is 1.06. The van der Waals surface area contributed by atoms with Gasteiger partial charge >= 0.3 is 0 Å². The number of halogens is 1. The highest BCUT2D eigenvalue weighted by molar-refractivity contribution is 9.10. The minimum atomic E-state index is 0.995. The van der Waals surface area contributed by atoms with Crippen molar-refractivity contribution in [1.29, 1.82) is 0 Å². The number of nitrogens with zero attached hydrogens (tertiary/aromatic N) is 1. The molecule has 1 N–H and O–H groups in total. The molecule has 2 rings (SSSR count). The lowest BCUT2D eigenvalue weighted by Crippen LogP contribution is -2.00. The average molecular weight is 265 g/mol. The van der Waals surface area contributed by atoms with Crippen molar-refractivity contribution in [2.24, 2.45) is 0 Å². The quantitative estimate of drug-likeness (QED) is 0.912. The van der Waals surface area contributed by atoms with Gasteiger partial charge in [0.15, 0.2) is 0 Å². The van der Waals surface area contributed by atoms with Crippen LogP contribution in [0.3, 0.4) is 0 Å². The number of hydrogen-bond donors (Lipinski definition) is 1. The van der Waals surface area contributed by atoms with E-state index >= 15 is 0 Å². The number of anilines is 1. The molecule has 0 atom stereocenters. The van der Waals surface area contributed by atoms with Gasteiger partial charge in [0.05, 0.1) is 5.52 Å². The molecule has 1 aromatic carbocycles. The molecular weight excluding hydrogens is 252 g/mol. The van der Waals surface area contributed by atoms with Crippen LogP contribution in [0, 0.1) is 0 Å². The lowest BCUT2D eigenvalue weighted by atomic mass is 10.2. The van der Waals surface area contributed by atoms with E-state index in [2.05, 4.69) is 39.2 Å². The first kappa shape index (κ1) is 10.4. The summed E-state index contributed by atoms with van der Waals surface area (Å²) in [7, 11) is 0. The summed E-state index contributed by atoms with van der Waals surface area (Å²) in [6.07, 6.45) is 2.97. The molecule has 3 heteroatoms. The smallest absolute Gasteiger partial charge is 0.0733 e. The molecule has 0 bridgehead atoms. The second-order valence-corrected chi connectivity index (χ2v) is 4.36. The van der Waals surface area contributed by atoms with Crippen LogP contribution in [0.2, 0.25) is 0 Å². The van der Waals surface area contributed by atoms with Crippen molar-refractivity contribution < 1.29 is 0 Å². The highest BCUT2D eigenvalue weighted by Gasteiger charge is 2.00. The van der Waals surface area contributed by atoms with Crippen LogP contribution in [0.1, 0.15) is 13.3 Å². The van der Waals surface area contributed by atoms with Crippen molar-refractivity contribution in [2.45, 2.75) is 13.3 Å². The van der Waals surface area contributed by atoms with E-state index in [1.807, 2.05) is 24.4 Å². The Morgan fingerprint density at radius 3 is 3.00 bits per heavy atom. The number of fused-ring (bicyclic) bond motifs is 1. The Kier molecular flexibility index (Phi) is 3.21. The minimum absolute atomic E-state index is 0.995. The lowest BCUT2D eigenvalue weighted by molar-refractivity contribution is 0.981. The summed E-state index contributed by atoms with van der Waals surface area (Å²) in [5.74, 6) is 0. The molecule has 0 aliphatic carbocycles. The third-order valence-electron chi connectivity index (χ3n) is 2.27. The van der Waals surface area contributed by atoms with Crippen molar-refractivity contribution in [2.75, 3.05) is 11.9 Å². The Morgan fingerprint density at radius 2 is 2.20 bits per heavy atom. The first-order chi connectivity index (χ1) is 7.31. The Balaban J connectivity index is 2.46. The Bertz CT molecular complexity index is 468. The van der Waals surface area contributed by atoms with Crippen molar-refractivity contribution in [3.63, 3.8) is 0 Å². The van der Waals surface area contributed by atoms with Gasteiger partial charge in [0.1, 0.15) is 0 Å². The van der Waals surface area contributed by atoms with Gasteiger partial charge in [0, 0.05) is 28.3 Å². The number of hydrogen-bond acceptors (Lipinski definition) is 2. The molecule has 0 aliphatic heterocycles. The van der Waals surface area contributed by atoms with Crippen molar-refractivity contribution >= 4 is 32.5 Å². The Labute approximate surface area is 97.8 Å². The summed E-state index contributed by atoms with van der Waals surface area (Å²) in [5.41, 5.74) is 2.18. The van der Waals surface area contributed by atoms with Gasteiger partial charge in [0.2, 0.25) is 0 Å². The van der Waals surface area contributed by atoms with E-state index in [0.29, 0.717) is 0 Å². The van der Waals surface area contributed by atoms with Gasteiger partial charge in [-0.05, 0) is 30.7 Å². The summed E-state index contributed by atoms with van der Waals surface area (Å²) >= 11 is 3.45. The molecule has 1 aromatic heterocycles. The molecule has 0 unspecified atom stereocenters. The molecule has 78 valence electrons. The third kappa shape index (κ3) is 2.29. The molecule has 0 saturated carbocycles. The maximum atomic E-state index is 4.34. The predicted octanol–water partition coefficient (Wildman–Crippen LogP) is 3.82. The summed E-state index contributed by atoms with van der Waals surface area (Å²) in [6, 6.07) is 8.18. The topological polar surface area (TPSA) is 24.9 Å². The predicted molar refractivity (Wildman–Crippen MR) is 68.2 cm³/mol. The van der Waals surface area contributed by atoms with Crippen LogP contribution in [0.5, 0.6) is 0 Å². The van der Waals surface area contributed by atoms with E-state index in [9.17, 15) is 0 Å². The molecule has 1 heterocycles.